The van der Waals surface area contributed by atoms with Crippen LogP contribution in [0.4, 0.5) is 15.8 Å². The summed E-state index contributed by atoms with van der Waals surface area (Å²) in [5, 5.41) is 12.7. The van der Waals surface area contributed by atoms with Gasteiger partial charge in [0.15, 0.2) is 5.82 Å². The van der Waals surface area contributed by atoms with Gasteiger partial charge in [-0.3, -0.25) is 4.79 Å². The van der Waals surface area contributed by atoms with Crippen LogP contribution in [-0.2, 0) is 0 Å². The lowest BCUT2D eigenvalue weighted by molar-refractivity contribution is 0.0695. The summed E-state index contributed by atoms with van der Waals surface area (Å²) in [7, 11) is 0. The molecule has 4 N–H and O–H groups in total. The van der Waals surface area contributed by atoms with Gasteiger partial charge in [-0.25, -0.2) is 9.18 Å². The lowest BCUT2D eigenvalue weighted by atomic mass is 10.0. The van der Waals surface area contributed by atoms with Crippen molar-refractivity contribution < 1.29 is 14.3 Å². The van der Waals surface area contributed by atoms with Crippen molar-refractivity contribution in [2.24, 2.45) is 0 Å². The lowest BCUT2D eigenvalue weighted by Gasteiger charge is -2.38. The van der Waals surface area contributed by atoms with Crippen molar-refractivity contribution in [2.75, 3.05) is 23.7 Å². The van der Waals surface area contributed by atoms with E-state index in [0.29, 0.717) is 24.3 Å². The number of nitrogens with one attached hydrogen (secondary N) is 1. The molecular formula is C19H24ClFN4O3. The number of nitrogens with zero attached hydrogens (tertiary/aromatic N) is 2. The number of pyridine rings is 1. The molecule has 0 radical (unpaired) electrons. The first-order valence-corrected chi connectivity index (χ1v) is 9.19. The monoisotopic (exact) mass is 410 g/mol. The van der Waals surface area contributed by atoms with E-state index in [9.17, 15) is 14.7 Å². The Kier molecular flexibility index (Phi) is 5.29. The van der Waals surface area contributed by atoms with Crippen LogP contribution in [0.15, 0.2) is 17.1 Å². The average molecular weight is 411 g/mol. The fourth-order valence-electron chi connectivity index (χ4n) is 4.06. The minimum absolute atomic E-state index is 0. The SMILES string of the molecule is C[C@@H]1CN(c2cc3c(c(N)c2F)c(=O)c(C(=O)O)cn3C2CC2)C[C@H](C)N1.Cl. The first-order chi connectivity index (χ1) is 12.8. The molecule has 7 nitrogen and oxygen atoms in total. The predicted octanol–water partition coefficient (Wildman–Crippen LogP) is 2.36. The van der Waals surface area contributed by atoms with E-state index in [4.69, 9.17) is 5.73 Å². The molecule has 0 amide bonds. The number of rotatable bonds is 3. The molecular weight excluding hydrogens is 387 g/mol. The Bertz CT molecular complexity index is 995. The highest BCUT2D eigenvalue weighted by atomic mass is 35.5. The van der Waals surface area contributed by atoms with E-state index in [1.54, 1.807) is 10.6 Å². The second-order valence-corrected chi connectivity index (χ2v) is 7.71. The molecule has 1 saturated heterocycles. The summed E-state index contributed by atoms with van der Waals surface area (Å²) in [6, 6.07) is 2.14. The highest BCUT2D eigenvalue weighted by Gasteiger charge is 2.30. The summed E-state index contributed by atoms with van der Waals surface area (Å²) in [4.78, 5) is 26.1. The van der Waals surface area contributed by atoms with Crippen molar-refractivity contribution in [1.82, 2.24) is 9.88 Å². The summed E-state index contributed by atoms with van der Waals surface area (Å²) in [5.74, 6) is -1.99. The van der Waals surface area contributed by atoms with Gasteiger partial charge in [0.05, 0.1) is 22.3 Å². The van der Waals surface area contributed by atoms with Gasteiger partial charge in [-0.2, -0.15) is 0 Å². The molecule has 2 fully saturated rings. The van der Waals surface area contributed by atoms with Crippen LogP contribution in [0.2, 0.25) is 0 Å². The van der Waals surface area contributed by atoms with Gasteiger partial charge < -0.3 is 25.6 Å². The summed E-state index contributed by atoms with van der Waals surface area (Å²) >= 11 is 0. The van der Waals surface area contributed by atoms with Gasteiger partial charge in [-0.1, -0.05) is 0 Å². The van der Waals surface area contributed by atoms with Crippen molar-refractivity contribution in [2.45, 2.75) is 44.8 Å². The third kappa shape index (κ3) is 3.31. The third-order valence-corrected chi connectivity index (χ3v) is 5.35. The van der Waals surface area contributed by atoms with E-state index in [0.717, 1.165) is 12.8 Å². The minimum atomic E-state index is -1.33. The average Bonchev–Trinajstić information content (AvgIpc) is 3.41. The number of hydrogen-bond donors (Lipinski definition) is 3. The second kappa shape index (κ2) is 7.25. The molecule has 1 saturated carbocycles. The molecule has 28 heavy (non-hydrogen) atoms. The van der Waals surface area contributed by atoms with E-state index in [2.05, 4.69) is 5.32 Å². The van der Waals surface area contributed by atoms with E-state index in [-0.39, 0.29) is 47.2 Å². The van der Waals surface area contributed by atoms with Crippen molar-refractivity contribution in [3.05, 3.63) is 33.9 Å². The van der Waals surface area contributed by atoms with Crippen LogP contribution in [0.3, 0.4) is 0 Å². The van der Waals surface area contributed by atoms with Gasteiger partial charge in [-0.15, -0.1) is 12.4 Å². The van der Waals surface area contributed by atoms with E-state index in [1.807, 2.05) is 18.7 Å². The van der Waals surface area contributed by atoms with Gasteiger partial charge in [0.25, 0.3) is 0 Å². The molecule has 2 aromatic rings. The number of hydrogen-bond acceptors (Lipinski definition) is 5. The Morgan fingerprint density at radius 1 is 1.29 bits per heavy atom. The molecule has 2 atom stereocenters. The first kappa shape index (κ1) is 20.4. The number of anilines is 2. The highest BCUT2D eigenvalue weighted by molar-refractivity contribution is 5.99. The zero-order valence-electron chi connectivity index (χ0n) is 15.7. The quantitative estimate of drug-likeness (QED) is 0.671. The number of nitrogens with two attached hydrogens (primary N) is 1. The first-order valence-electron chi connectivity index (χ1n) is 9.19. The Morgan fingerprint density at radius 3 is 2.43 bits per heavy atom. The maximum Gasteiger partial charge on any atom is 0.341 e. The number of aromatic nitrogens is 1. The Labute approximate surface area is 167 Å². The molecule has 0 spiro atoms. The van der Waals surface area contributed by atoms with Gasteiger partial charge in [0.1, 0.15) is 5.56 Å². The lowest BCUT2D eigenvalue weighted by Crippen LogP contribution is -2.54. The van der Waals surface area contributed by atoms with Crippen LogP contribution >= 0.6 is 12.4 Å². The normalized spacial score (nSPS) is 22.2. The molecule has 0 unspecified atom stereocenters. The van der Waals surface area contributed by atoms with Crippen molar-refractivity contribution in [3.8, 4) is 0 Å². The zero-order valence-corrected chi connectivity index (χ0v) is 16.6. The van der Waals surface area contributed by atoms with E-state index < -0.39 is 17.2 Å². The maximum absolute atomic E-state index is 15.1. The van der Waals surface area contributed by atoms with Gasteiger partial charge in [0, 0.05) is 37.4 Å². The van der Waals surface area contributed by atoms with Crippen molar-refractivity contribution in [1.29, 1.82) is 0 Å². The molecule has 2 heterocycles. The molecule has 1 aliphatic heterocycles. The Morgan fingerprint density at radius 2 is 1.89 bits per heavy atom. The molecule has 152 valence electrons. The number of fused-ring (bicyclic) bond motifs is 1. The van der Waals surface area contributed by atoms with Crippen LogP contribution in [0.1, 0.15) is 43.1 Å². The maximum atomic E-state index is 15.1. The van der Waals surface area contributed by atoms with Crippen LogP contribution in [0, 0.1) is 5.82 Å². The van der Waals surface area contributed by atoms with Crippen LogP contribution in [0.25, 0.3) is 10.9 Å². The zero-order chi connectivity index (χ0) is 19.5. The summed E-state index contributed by atoms with van der Waals surface area (Å²) in [6.07, 6.45) is 3.16. The van der Waals surface area contributed by atoms with E-state index in [1.165, 1.54) is 6.20 Å². The molecule has 9 heteroatoms. The number of aromatic carboxylic acids is 1. The molecule has 2 aliphatic rings. The third-order valence-electron chi connectivity index (χ3n) is 5.35. The van der Waals surface area contributed by atoms with Crippen molar-refractivity contribution >= 4 is 40.7 Å². The summed E-state index contributed by atoms with van der Waals surface area (Å²) < 4.78 is 16.9. The minimum Gasteiger partial charge on any atom is -0.477 e. The van der Waals surface area contributed by atoms with Crippen LogP contribution in [-0.4, -0.2) is 40.8 Å². The summed E-state index contributed by atoms with van der Waals surface area (Å²) in [5.41, 5.74) is 5.50. The van der Waals surface area contributed by atoms with Gasteiger partial charge >= 0.3 is 5.97 Å². The molecule has 0 bridgehead atoms. The van der Waals surface area contributed by atoms with E-state index >= 15 is 4.39 Å². The molecule has 1 aliphatic carbocycles. The Balaban J connectivity index is 0.00000225. The number of carboxylic acid groups (broad SMARTS) is 1. The van der Waals surface area contributed by atoms with Gasteiger partial charge in [0.2, 0.25) is 5.43 Å². The van der Waals surface area contributed by atoms with Crippen LogP contribution < -0.4 is 21.4 Å². The topological polar surface area (TPSA) is 101 Å². The number of carboxylic acids is 1. The molecule has 1 aromatic carbocycles. The largest absolute Gasteiger partial charge is 0.477 e. The smallest absolute Gasteiger partial charge is 0.341 e. The van der Waals surface area contributed by atoms with Crippen LogP contribution in [0.5, 0.6) is 0 Å². The standard InChI is InChI=1S/C19H23FN4O3.ClH/c1-9-6-23(7-10(2)22-9)14-5-13-15(17(21)16(14)20)18(25)12(19(26)27)8-24(13)11-3-4-11;/h5,8-11,22H,3-4,6-7,21H2,1-2H3,(H,26,27);1H/t9-,10+;. The Hall–Kier alpha value is -2.32. The second-order valence-electron chi connectivity index (χ2n) is 7.71. The number of carbonyl (C=O) groups is 1. The fourth-order valence-corrected chi connectivity index (χ4v) is 4.06. The molecule has 4 rings (SSSR count). The fraction of sp³-hybridized carbons (Fsp3) is 0.474. The number of piperazine rings is 1. The number of benzene rings is 1. The summed E-state index contributed by atoms with van der Waals surface area (Å²) in [6.45, 7) is 5.30. The van der Waals surface area contributed by atoms with Gasteiger partial charge in [-0.05, 0) is 32.8 Å². The highest BCUT2D eigenvalue weighted by Crippen LogP contribution is 2.40. The predicted molar refractivity (Wildman–Crippen MR) is 109 cm³/mol. The van der Waals surface area contributed by atoms with Crippen molar-refractivity contribution in [3.63, 3.8) is 0 Å². The molecule has 1 aromatic heterocycles. The number of nitrogen functional groups attached to an aromatic ring is 1. The number of halogens is 2.